The van der Waals surface area contributed by atoms with Gasteiger partial charge < -0.3 is 24.5 Å². The van der Waals surface area contributed by atoms with Gasteiger partial charge in [0.2, 0.25) is 17.7 Å². The molecule has 43 heavy (non-hydrogen) atoms. The average Bonchev–Trinajstić information content (AvgIpc) is 3.26. The van der Waals surface area contributed by atoms with Crippen LogP contribution in [0.3, 0.4) is 0 Å². The summed E-state index contributed by atoms with van der Waals surface area (Å²) in [6.07, 6.45) is 14.6. The van der Waals surface area contributed by atoms with Crippen molar-refractivity contribution in [3.8, 4) is 5.75 Å². The fourth-order valence-electron chi connectivity index (χ4n) is 7.43. The highest BCUT2D eigenvalue weighted by atomic mass is 32.2. The smallest absolute Gasteiger partial charge is 0.247 e. The molecule has 4 heterocycles. The number of ether oxygens (including phenoxy) is 1. The molecule has 234 valence electrons. The van der Waals surface area contributed by atoms with Crippen LogP contribution >= 0.6 is 11.8 Å². The number of hydrogen-bond donors (Lipinski definition) is 1. The van der Waals surface area contributed by atoms with Crippen LogP contribution in [0.2, 0.25) is 0 Å². The summed E-state index contributed by atoms with van der Waals surface area (Å²) in [5, 5.41) is 9.22. The second-order valence-corrected chi connectivity index (χ2v) is 14.1. The number of fused-ring (bicyclic) bond motifs is 2. The van der Waals surface area contributed by atoms with Crippen molar-refractivity contribution in [2.75, 3.05) is 44.3 Å². The summed E-state index contributed by atoms with van der Waals surface area (Å²) in [5.41, 5.74) is 0.769. The molecular formula is C34H47N3O5S. The Hall–Kier alpha value is -2.78. The second kappa shape index (κ2) is 13.5. The predicted octanol–water partition coefficient (Wildman–Crippen LogP) is 4.82. The number of nitrogens with zero attached hydrogens (tertiary/aromatic N) is 3. The minimum Gasteiger partial charge on any atom is -0.494 e. The molecule has 0 aliphatic carbocycles. The molecule has 5 atom stereocenters. The lowest BCUT2D eigenvalue weighted by atomic mass is 9.74. The van der Waals surface area contributed by atoms with Crippen LogP contribution < -0.4 is 9.64 Å². The summed E-state index contributed by atoms with van der Waals surface area (Å²) in [4.78, 5) is 49.0. The standard InChI is InChI=1S/C34H47N3O5S/c1-4-6-9-20-35-21-13-19-34-28(31(40)37(29(34)32(35)41)22-10-7-8-11-24-38)27-30(39)36(23-12-18-33(27,3)43-34)25-14-16-26(17-15-25)42-5-2/h12-19,27-29,38H,4-11,20-24H2,1-3H3/t27-,28+,29?,33+,34+/m1/s1. The maximum absolute atomic E-state index is 14.6. The van der Waals surface area contributed by atoms with E-state index < -0.39 is 27.4 Å². The highest BCUT2D eigenvalue weighted by molar-refractivity contribution is 8.02. The largest absolute Gasteiger partial charge is 0.494 e. The van der Waals surface area contributed by atoms with Crippen molar-refractivity contribution in [2.24, 2.45) is 11.8 Å². The summed E-state index contributed by atoms with van der Waals surface area (Å²) < 4.78 is 4.16. The molecule has 4 aliphatic heterocycles. The molecule has 2 saturated heterocycles. The quantitative estimate of drug-likeness (QED) is 0.255. The van der Waals surface area contributed by atoms with Gasteiger partial charge in [0.05, 0.1) is 23.2 Å². The number of aliphatic hydroxyl groups is 1. The molecule has 5 rings (SSSR count). The number of carbonyl (C=O) groups is 3. The minimum absolute atomic E-state index is 0.000307. The first-order valence-corrected chi connectivity index (χ1v) is 16.9. The topological polar surface area (TPSA) is 90.4 Å². The predicted molar refractivity (Wildman–Crippen MR) is 171 cm³/mol. The number of thioether (sulfide) groups is 1. The van der Waals surface area contributed by atoms with E-state index in [0.29, 0.717) is 32.8 Å². The lowest BCUT2D eigenvalue weighted by molar-refractivity contribution is -0.142. The second-order valence-electron chi connectivity index (χ2n) is 12.3. The van der Waals surface area contributed by atoms with Gasteiger partial charge in [0.15, 0.2) is 0 Å². The molecule has 9 heteroatoms. The van der Waals surface area contributed by atoms with Gasteiger partial charge in [0.25, 0.3) is 0 Å². The molecule has 1 unspecified atom stereocenters. The first kappa shape index (κ1) is 31.6. The van der Waals surface area contributed by atoms with Gasteiger partial charge in [-0.05, 0) is 57.4 Å². The number of aliphatic hydroxyl groups excluding tert-OH is 1. The number of anilines is 1. The molecule has 1 N–H and O–H groups in total. The lowest BCUT2D eigenvalue weighted by Crippen LogP contribution is -2.53. The Bertz CT molecular complexity index is 1230. The maximum atomic E-state index is 14.6. The third-order valence-corrected chi connectivity index (χ3v) is 11.2. The fourth-order valence-corrected chi connectivity index (χ4v) is 9.59. The summed E-state index contributed by atoms with van der Waals surface area (Å²) in [5.74, 6) is -0.662. The molecule has 3 amide bonds. The fraction of sp³-hybridized carbons (Fsp3) is 0.618. The van der Waals surface area contributed by atoms with Gasteiger partial charge >= 0.3 is 0 Å². The Morgan fingerprint density at radius 3 is 2.30 bits per heavy atom. The molecule has 1 aromatic rings. The zero-order valence-corrected chi connectivity index (χ0v) is 26.7. The van der Waals surface area contributed by atoms with Crippen LogP contribution in [-0.4, -0.2) is 87.6 Å². The average molecular weight is 610 g/mol. The van der Waals surface area contributed by atoms with E-state index in [4.69, 9.17) is 4.74 Å². The van der Waals surface area contributed by atoms with E-state index >= 15 is 0 Å². The van der Waals surface area contributed by atoms with Gasteiger partial charge in [-0.1, -0.05) is 56.9 Å². The summed E-state index contributed by atoms with van der Waals surface area (Å²) in [6, 6.07) is 6.91. The normalized spacial score (nSPS) is 29.9. The van der Waals surface area contributed by atoms with Crippen LogP contribution in [0.4, 0.5) is 5.69 Å². The van der Waals surface area contributed by atoms with Crippen molar-refractivity contribution in [3.63, 3.8) is 0 Å². The van der Waals surface area contributed by atoms with E-state index in [1.165, 1.54) is 0 Å². The molecule has 0 bridgehead atoms. The van der Waals surface area contributed by atoms with Crippen LogP contribution in [-0.2, 0) is 14.4 Å². The van der Waals surface area contributed by atoms with E-state index in [0.717, 1.165) is 56.4 Å². The van der Waals surface area contributed by atoms with Crippen LogP contribution in [0.1, 0.15) is 65.7 Å². The Morgan fingerprint density at radius 2 is 1.58 bits per heavy atom. The van der Waals surface area contributed by atoms with Crippen molar-refractivity contribution in [3.05, 3.63) is 48.6 Å². The van der Waals surface area contributed by atoms with Crippen molar-refractivity contribution >= 4 is 35.2 Å². The molecule has 0 radical (unpaired) electrons. The molecule has 0 aromatic heterocycles. The molecule has 0 saturated carbocycles. The number of rotatable bonds is 13. The number of likely N-dealkylation sites (tertiary alicyclic amines) is 1. The first-order chi connectivity index (χ1) is 20.8. The summed E-state index contributed by atoms with van der Waals surface area (Å²) in [6.45, 7) is 8.97. The lowest BCUT2D eigenvalue weighted by Gasteiger charge is -2.37. The number of hydrogen-bond acceptors (Lipinski definition) is 6. The van der Waals surface area contributed by atoms with Gasteiger partial charge in [0.1, 0.15) is 11.8 Å². The van der Waals surface area contributed by atoms with Crippen LogP contribution in [0.15, 0.2) is 48.6 Å². The zero-order chi connectivity index (χ0) is 30.6. The van der Waals surface area contributed by atoms with Gasteiger partial charge in [-0.25, -0.2) is 0 Å². The monoisotopic (exact) mass is 609 g/mol. The van der Waals surface area contributed by atoms with Gasteiger partial charge in [-0.3, -0.25) is 14.4 Å². The van der Waals surface area contributed by atoms with Crippen molar-refractivity contribution < 1.29 is 24.2 Å². The van der Waals surface area contributed by atoms with E-state index in [9.17, 15) is 19.5 Å². The highest BCUT2D eigenvalue weighted by Crippen LogP contribution is 2.65. The molecule has 1 aromatic carbocycles. The van der Waals surface area contributed by atoms with E-state index in [-0.39, 0.29) is 24.3 Å². The Morgan fingerprint density at radius 1 is 0.860 bits per heavy atom. The summed E-state index contributed by atoms with van der Waals surface area (Å²) in [7, 11) is 0. The van der Waals surface area contributed by atoms with Crippen molar-refractivity contribution in [2.45, 2.75) is 81.3 Å². The van der Waals surface area contributed by atoms with Crippen LogP contribution in [0.5, 0.6) is 5.75 Å². The van der Waals surface area contributed by atoms with E-state index in [1.54, 1.807) is 16.7 Å². The van der Waals surface area contributed by atoms with Crippen LogP contribution in [0.25, 0.3) is 0 Å². The number of amides is 3. The van der Waals surface area contributed by atoms with Crippen molar-refractivity contribution in [1.82, 2.24) is 9.80 Å². The third-order valence-electron chi connectivity index (χ3n) is 9.44. The van der Waals surface area contributed by atoms with Gasteiger partial charge in [0, 0.05) is 43.2 Å². The minimum atomic E-state index is -0.819. The summed E-state index contributed by atoms with van der Waals surface area (Å²) >= 11 is 1.64. The molecule has 8 nitrogen and oxygen atoms in total. The number of carbonyl (C=O) groups excluding carboxylic acids is 3. The Kier molecular flexibility index (Phi) is 9.91. The molecule has 2 fully saturated rings. The zero-order valence-electron chi connectivity index (χ0n) is 25.9. The Labute approximate surface area is 260 Å². The molecular weight excluding hydrogens is 562 g/mol. The number of benzene rings is 1. The highest BCUT2D eigenvalue weighted by Gasteiger charge is 2.73. The van der Waals surface area contributed by atoms with Crippen molar-refractivity contribution in [1.29, 1.82) is 0 Å². The molecule has 4 aliphatic rings. The van der Waals surface area contributed by atoms with E-state index in [2.05, 4.69) is 32.1 Å². The number of unbranched alkanes of at least 4 members (excludes halogenated alkanes) is 5. The maximum Gasteiger partial charge on any atom is 0.247 e. The van der Waals surface area contributed by atoms with Gasteiger partial charge in [-0.15, -0.1) is 11.8 Å². The Balaban J connectivity index is 1.50. The van der Waals surface area contributed by atoms with Crippen LogP contribution in [0, 0.1) is 11.8 Å². The van der Waals surface area contributed by atoms with E-state index in [1.807, 2.05) is 47.1 Å². The SMILES string of the molecule is CCCCCN1CC=C[C@]23S[C@@]4(C)C=CCN(c5ccc(OCC)cc5)C(=O)[C@H]4[C@H]2C(=O)N(CCCCCCO)C3C1=O. The third kappa shape index (κ3) is 5.87. The first-order valence-electron chi connectivity index (χ1n) is 16.1. The van der Waals surface area contributed by atoms with Gasteiger partial charge in [-0.2, -0.15) is 0 Å². The molecule has 1 spiro atoms.